The standard InChI is InChI=1S/C18H23N5O3/c1-19-16(24)14-8-26-18(9-21(14)2)10-23(11-18)17(25)15-12-6-4-5-7-13(12)22(3)20-15/h4-7,14H,8-11H2,1-3H3,(H,19,24)/t14-/m0/s1. The molecule has 0 bridgehead atoms. The van der Waals surface area contributed by atoms with E-state index in [9.17, 15) is 9.59 Å². The molecule has 0 radical (unpaired) electrons. The zero-order valence-corrected chi connectivity index (χ0v) is 15.2. The third-order valence-electron chi connectivity index (χ3n) is 5.37. The SMILES string of the molecule is CNC(=O)[C@@H]1COC2(CN(C(=O)c3nn(C)c4ccccc34)C2)CN1C. The number of nitrogens with one attached hydrogen (secondary N) is 1. The first kappa shape index (κ1) is 17.0. The third-order valence-corrected chi connectivity index (χ3v) is 5.37. The van der Waals surface area contributed by atoms with E-state index in [0.717, 1.165) is 10.9 Å². The number of amides is 2. The van der Waals surface area contributed by atoms with Gasteiger partial charge in [-0.2, -0.15) is 5.10 Å². The van der Waals surface area contributed by atoms with Crippen LogP contribution in [0.4, 0.5) is 0 Å². The zero-order valence-electron chi connectivity index (χ0n) is 15.2. The molecule has 2 aliphatic heterocycles. The van der Waals surface area contributed by atoms with Crippen LogP contribution in [0.25, 0.3) is 10.9 Å². The van der Waals surface area contributed by atoms with Gasteiger partial charge in [0, 0.05) is 26.0 Å². The van der Waals surface area contributed by atoms with Crippen LogP contribution in [-0.4, -0.2) is 83.4 Å². The molecule has 2 aromatic rings. The molecule has 2 fully saturated rings. The maximum Gasteiger partial charge on any atom is 0.275 e. The second-order valence-electron chi connectivity index (χ2n) is 7.19. The molecule has 138 valence electrons. The summed E-state index contributed by atoms with van der Waals surface area (Å²) in [4.78, 5) is 28.5. The Bertz CT molecular complexity index is 871. The molecule has 0 aliphatic carbocycles. The summed E-state index contributed by atoms with van der Waals surface area (Å²) in [5.74, 6) is -0.123. The molecule has 2 aliphatic rings. The smallest absolute Gasteiger partial charge is 0.275 e. The highest BCUT2D eigenvalue weighted by atomic mass is 16.5. The summed E-state index contributed by atoms with van der Waals surface area (Å²) < 4.78 is 7.73. The first-order chi connectivity index (χ1) is 12.4. The fourth-order valence-electron chi connectivity index (χ4n) is 3.94. The van der Waals surface area contributed by atoms with Crippen molar-refractivity contribution in [2.45, 2.75) is 11.6 Å². The number of aryl methyl sites for hydroxylation is 1. The van der Waals surface area contributed by atoms with E-state index in [1.54, 1.807) is 16.6 Å². The van der Waals surface area contributed by atoms with E-state index in [1.807, 2.05) is 43.3 Å². The molecular formula is C18H23N5O3. The maximum atomic E-state index is 12.9. The highest BCUT2D eigenvalue weighted by Crippen LogP contribution is 2.32. The van der Waals surface area contributed by atoms with Crippen molar-refractivity contribution >= 4 is 22.7 Å². The summed E-state index contributed by atoms with van der Waals surface area (Å²) in [6, 6.07) is 7.44. The molecule has 1 aromatic heterocycles. The van der Waals surface area contributed by atoms with Gasteiger partial charge in [0.1, 0.15) is 11.6 Å². The number of hydrogen-bond acceptors (Lipinski definition) is 5. The van der Waals surface area contributed by atoms with Crippen LogP contribution in [0.5, 0.6) is 0 Å². The molecule has 2 amide bonds. The number of hydrogen-bond donors (Lipinski definition) is 1. The topological polar surface area (TPSA) is 79.7 Å². The summed E-state index contributed by atoms with van der Waals surface area (Å²) >= 11 is 0. The second kappa shape index (κ2) is 6.07. The van der Waals surface area contributed by atoms with Crippen LogP contribution in [-0.2, 0) is 16.6 Å². The monoisotopic (exact) mass is 357 g/mol. The van der Waals surface area contributed by atoms with E-state index in [1.165, 1.54) is 0 Å². The van der Waals surface area contributed by atoms with Crippen molar-refractivity contribution in [2.24, 2.45) is 7.05 Å². The number of fused-ring (bicyclic) bond motifs is 1. The highest BCUT2D eigenvalue weighted by molar-refractivity contribution is 6.05. The number of likely N-dealkylation sites (N-methyl/N-ethyl adjacent to an activating group) is 2. The van der Waals surface area contributed by atoms with Gasteiger partial charge in [-0.25, -0.2) is 0 Å². The van der Waals surface area contributed by atoms with Gasteiger partial charge in [0.2, 0.25) is 5.91 Å². The van der Waals surface area contributed by atoms with Crippen LogP contribution in [0.1, 0.15) is 10.5 Å². The largest absolute Gasteiger partial charge is 0.368 e. The average Bonchev–Trinajstić information content (AvgIpc) is 2.95. The van der Waals surface area contributed by atoms with E-state index in [0.29, 0.717) is 31.9 Å². The quantitative estimate of drug-likeness (QED) is 0.808. The van der Waals surface area contributed by atoms with Crippen molar-refractivity contribution in [1.29, 1.82) is 0 Å². The fraction of sp³-hybridized carbons (Fsp3) is 0.500. The molecule has 0 unspecified atom stereocenters. The molecule has 1 spiro atoms. The summed E-state index contributed by atoms with van der Waals surface area (Å²) in [5.41, 5.74) is 1.03. The Morgan fingerprint density at radius 2 is 1.96 bits per heavy atom. The normalized spacial score (nSPS) is 22.4. The van der Waals surface area contributed by atoms with Crippen molar-refractivity contribution < 1.29 is 14.3 Å². The number of carbonyl (C=O) groups excluding carboxylic acids is 2. The third kappa shape index (κ3) is 2.57. The van der Waals surface area contributed by atoms with E-state index in [-0.39, 0.29) is 23.5 Å². The van der Waals surface area contributed by atoms with Gasteiger partial charge >= 0.3 is 0 Å². The van der Waals surface area contributed by atoms with Gasteiger partial charge < -0.3 is 15.0 Å². The van der Waals surface area contributed by atoms with Crippen molar-refractivity contribution in [2.75, 3.05) is 40.3 Å². The van der Waals surface area contributed by atoms with Crippen LogP contribution in [0.15, 0.2) is 24.3 Å². The van der Waals surface area contributed by atoms with Crippen molar-refractivity contribution in [3.63, 3.8) is 0 Å². The number of nitrogens with zero attached hydrogens (tertiary/aromatic N) is 4. The second-order valence-corrected chi connectivity index (χ2v) is 7.19. The fourth-order valence-corrected chi connectivity index (χ4v) is 3.94. The Morgan fingerprint density at radius 1 is 1.23 bits per heavy atom. The van der Waals surface area contributed by atoms with Crippen molar-refractivity contribution in [3.05, 3.63) is 30.0 Å². The Labute approximate surface area is 151 Å². The van der Waals surface area contributed by atoms with Gasteiger partial charge in [-0.15, -0.1) is 0 Å². The minimum atomic E-state index is -0.389. The molecule has 8 nitrogen and oxygen atoms in total. The van der Waals surface area contributed by atoms with Crippen LogP contribution >= 0.6 is 0 Å². The number of likely N-dealkylation sites (tertiary alicyclic amines) is 1. The Balaban J connectivity index is 1.46. The predicted molar refractivity (Wildman–Crippen MR) is 95.8 cm³/mol. The number of carbonyl (C=O) groups is 2. The van der Waals surface area contributed by atoms with Crippen LogP contribution in [0.2, 0.25) is 0 Å². The minimum absolute atomic E-state index is 0.0467. The Kier molecular flexibility index (Phi) is 3.96. The van der Waals surface area contributed by atoms with Crippen LogP contribution < -0.4 is 5.32 Å². The molecule has 26 heavy (non-hydrogen) atoms. The Hall–Kier alpha value is -2.45. The lowest BCUT2D eigenvalue weighted by Crippen LogP contribution is -2.73. The van der Waals surface area contributed by atoms with E-state index in [2.05, 4.69) is 10.4 Å². The summed E-state index contributed by atoms with van der Waals surface area (Å²) in [6.07, 6.45) is 0. The lowest BCUT2D eigenvalue weighted by atomic mass is 9.90. The first-order valence-corrected chi connectivity index (χ1v) is 8.71. The number of para-hydroxylation sites is 1. The van der Waals surface area contributed by atoms with E-state index >= 15 is 0 Å². The average molecular weight is 357 g/mol. The predicted octanol–water partition coefficient (Wildman–Crippen LogP) is -0.155. The first-order valence-electron chi connectivity index (χ1n) is 8.71. The minimum Gasteiger partial charge on any atom is -0.368 e. The van der Waals surface area contributed by atoms with Crippen LogP contribution in [0, 0.1) is 0 Å². The summed E-state index contributed by atoms with van der Waals surface area (Å²) in [7, 11) is 5.39. The summed E-state index contributed by atoms with van der Waals surface area (Å²) in [6.45, 7) is 1.99. The van der Waals surface area contributed by atoms with Crippen molar-refractivity contribution in [3.8, 4) is 0 Å². The Morgan fingerprint density at radius 3 is 2.65 bits per heavy atom. The van der Waals surface area contributed by atoms with Gasteiger partial charge in [0.15, 0.2) is 5.69 Å². The van der Waals surface area contributed by atoms with E-state index in [4.69, 9.17) is 4.74 Å². The molecule has 3 heterocycles. The molecular weight excluding hydrogens is 334 g/mol. The summed E-state index contributed by atoms with van der Waals surface area (Å²) in [5, 5.41) is 7.93. The van der Waals surface area contributed by atoms with Gasteiger partial charge in [-0.3, -0.25) is 19.2 Å². The lowest BCUT2D eigenvalue weighted by molar-refractivity contribution is -0.187. The molecule has 0 saturated carbocycles. The number of morpholine rings is 1. The molecule has 4 rings (SSSR count). The lowest BCUT2D eigenvalue weighted by Gasteiger charge is -2.54. The molecule has 8 heteroatoms. The molecule has 1 aromatic carbocycles. The number of rotatable bonds is 2. The van der Waals surface area contributed by atoms with Gasteiger partial charge in [-0.05, 0) is 13.1 Å². The zero-order chi connectivity index (χ0) is 18.5. The molecule has 1 N–H and O–H groups in total. The van der Waals surface area contributed by atoms with Gasteiger partial charge in [0.05, 0.1) is 25.2 Å². The number of aromatic nitrogens is 2. The van der Waals surface area contributed by atoms with Crippen molar-refractivity contribution in [1.82, 2.24) is 24.9 Å². The maximum absolute atomic E-state index is 12.9. The molecule has 2 saturated heterocycles. The highest BCUT2D eigenvalue weighted by Gasteiger charge is 2.51. The number of benzene rings is 1. The van der Waals surface area contributed by atoms with E-state index < -0.39 is 0 Å². The van der Waals surface area contributed by atoms with Gasteiger partial charge in [-0.1, -0.05) is 18.2 Å². The molecule has 1 atom stereocenters. The number of ether oxygens (including phenoxy) is 1. The van der Waals surface area contributed by atoms with Gasteiger partial charge in [0.25, 0.3) is 5.91 Å². The van der Waals surface area contributed by atoms with Crippen LogP contribution in [0.3, 0.4) is 0 Å².